The van der Waals surface area contributed by atoms with Crippen molar-refractivity contribution >= 4 is 5.97 Å². The number of rotatable bonds is 3. The molecule has 18 heavy (non-hydrogen) atoms. The van der Waals surface area contributed by atoms with Crippen molar-refractivity contribution in [2.45, 2.75) is 13.0 Å². The van der Waals surface area contributed by atoms with Crippen LogP contribution in [-0.2, 0) is 7.05 Å². The molecule has 0 spiro atoms. The van der Waals surface area contributed by atoms with E-state index >= 15 is 0 Å². The normalized spacial score (nSPS) is 12.4. The number of aliphatic hydroxyl groups is 1. The Morgan fingerprint density at radius 3 is 2.61 bits per heavy atom. The number of benzene rings is 1. The van der Waals surface area contributed by atoms with Crippen molar-refractivity contribution in [2.75, 3.05) is 0 Å². The maximum atomic E-state index is 10.9. The summed E-state index contributed by atoms with van der Waals surface area (Å²) in [6.45, 7) is 1.67. The lowest BCUT2D eigenvalue weighted by Crippen LogP contribution is -2.00. The molecule has 5 nitrogen and oxygen atoms in total. The van der Waals surface area contributed by atoms with Crippen LogP contribution in [0.2, 0.25) is 0 Å². The predicted molar refractivity (Wildman–Crippen MR) is 66.2 cm³/mol. The monoisotopic (exact) mass is 246 g/mol. The number of nitrogens with zero attached hydrogens (tertiary/aromatic N) is 2. The van der Waals surface area contributed by atoms with Gasteiger partial charge >= 0.3 is 5.97 Å². The molecule has 5 heteroatoms. The quantitative estimate of drug-likeness (QED) is 0.866. The zero-order valence-electron chi connectivity index (χ0n) is 10.2. The molecule has 0 saturated carbocycles. The average Bonchev–Trinajstić information content (AvgIpc) is 2.71. The molecule has 2 N–H and O–H groups in total. The van der Waals surface area contributed by atoms with Crippen LogP contribution in [0.15, 0.2) is 30.3 Å². The second-order valence-electron chi connectivity index (χ2n) is 4.11. The van der Waals surface area contributed by atoms with Crippen LogP contribution in [0, 0.1) is 0 Å². The number of hydrogen-bond donors (Lipinski definition) is 2. The van der Waals surface area contributed by atoms with Crippen molar-refractivity contribution in [1.82, 2.24) is 9.78 Å². The lowest BCUT2D eigenvalue weighted by molar-refractivity contribution is 0.0689. The first kappa shape index (κ1) is 12.3. The molecule has 1 aromatic heterocycles. The third-order valence-electron chi connectivity index (χ3n) is 2.79. The van der Waals surface area contributed by atoms with Crippen molar-refractivity contribution in [3.63, 3.8) is 0 Å². The summed E-state index contributed by atoms with van der Waals surface area (Å²) in [6.07, 6.45) is -0.621. The average molecular weight is 246 g/mol. The number of carbonyl (C=O) groups is 1. The van der Waals surface area contributed by atoms with E-state index in [1.807, 2.05) is 24.3 Å². The molecule has 1 atom stereocenters. The van der Waals surface area contributed by atoms with Gasteiger partial charge < -0.3 is 10.2 Å². The Morgan fingerprint density at radius 2 is 2.06 bits per heavy atom. The SMILES string of the molecule is CC(O)c1ccccc1-c1cc(C(=O)O)nn1C. The van der Waals surface area contributed by atoms with Gasteiger partial charge in [-0.05, 0) is 18.6 Å². The summed E-state index contributed by atoms with van der Waals surface area (Å²) in [6, 6.07) is 8.83. The first-order valence-corrected chi connectivity index (χ1v) is 5.55. The van der Waals surface area contributed by atoms with Crippen LogP contribution < -0.4 is 0 Å². The van der Waals surface area contributed by atoms with Gasteiger partial charge in [-0.25, -0.2) is 4.79 Å². The van der Waals surface area contributed by atoms with E-state index < -0.39 is 12.1 Å². The fourth-order valence-corrected chi connectivity index (χ4v) is 1.92. The zero-order valence-corrected chi connectivity index (χ0v) is 10.2. The van der Waals surface area contributed by atoms with Crippen LogP contribution in [0.3, 0.4) is 0 Å². The predicted octanol–water partition coefficient (Wildman–Crippen LogP) is 1.84. The molecule has 0 aliphatic rings. The highest BCUT2D eigenvalue weighted by Gasteiger charge is 2.16. The Hall–Kier alpha value is -2.14. The molecule has 0 bridgehead atoms. The van der Waals surface area contributed by atoms with E-state index in [4.69, 9.17) is 5.11 Å². The second-order valence-corrected chi connectivity index (χ2v) is 4.11. The van der Waals surface area contributed by atoms with Gasteiger partial charge in [0.25, 0.3) is 0 Å². The lowest BCUT2D eigenvalue weighted by Gasteiger charge is -2.11. The lowest BCUT2D eigenvalue weighted by atomic mass is 10.0. The summed E-state index contributed by atoms with van der Waals surface area (Å²) in [7, 11) is 1.68. The van der Waals surface area contributed by atoms with Gasteiger partial charge in [0.05, 0.1) is 11.8 Å². The summed E-state index contributed by atoms with van der Waals surface area (Å²) in [5.41, 5.74) is 2.20. The van der Waals surface area contributed by atoms with Gasteiger partial charge in [-0.1, -0.05) is 24.3 Å². The Bertz CT molecular complexity index is 588. The molecule has 0 fully saturated rings. The molecular weight excluding hydrogens is 232 g/mol. The first-order chi connectivity index (χ1) is 8.50. The van der Waals surface area contributed by atoms with Crippen LogP contribution in [0.5, 0.6) is 0 Å². The minimum absolute atomic E-state index is 0.00658. The molecule has 0 radical (unpaired) electrons. The topological polar surface area (TPSA) is 75.3 Å². The third-order valence-corrected chi connectivity index (χ3v) is 2.79. The number of aryl methyl sites for hydroxylation is 1. The highest BCUT2D eigenvalue weighted by molar-refractivity contribution is 5.87. The van der Waals surface area contributed by atoms with Crippen LogP contribution in [0.1, 0.15) is 29.1 Å². The molecule has 0 saturated heterocycles. The van der Waals surface area contributed by atoms with E-state index in [2.05, 4.69) is 5.10 Å². The summed E-state index contributed by atoms with van der Waals surface area (Å²) >= 11 is 0. The summed E-state index contributed by atoms with van der Waals surface area (Å²) < 4.78 is 1.50. The standard InChI is InChI=1S/C13H14N2O3/c1-8(16)9-5-3-4-6-10(9)12-7-11(13(17)18)14-15(12)2/h3-8,16H,1-2H3,(H,17,18). The molecule has 0 amide bonds. The number of aliphatic hydroxyl groups excluding tert-OH is 1. The molecule has 1 aromatic carbocycles. The molecule has 2 aromatic rings. The van der Waals surface area contributed by atoms with Crippen LogP contribution in [0.25, 0.3) is 11.3 Å². The van der Waals surface area contributed by atoms with Gasteiger partial charge in [0, 0.05) is 12.6 Å². The maximum absolute atomic E-state index is 10.9. The minimum atomic E-state index is -1.06. The highest BCUT2D eigenvalue weighted by atomic mass is 16.4. The van der Waals surface area contributed by atoms with Gasteiger partial charge in [-0.3, -0.25) is 4.68 Å². The van der Waals surface area contributed by atoms with E-state index in [0.717, 1.165) is 11.1 Å². The molecule has 1 unspecified atom stereocenters. The van der Waals surface area contributed by atoms with Gasteiger partial charge in [-0.2, -0.15) is 5.10 Å². The second kappa shape index (κ2) is 4.62. The number of aromatic carboxylic acids is 1. The molecule has 94 valence electrons. The molecule has 0 aliphatic carbocycles. The third kappa shape index (κ3) is 2.12. The fourth-order valence-electron chi connectivity index (χ4n) is 1.92. The molecular formula is C13H14N2O3. The zero-order chi connectivity index (χ0) is 13.3. The maximum Gasteiger partial charge on any atom is 0.356 e. The summed E-state index contributed by atoms with van der Waals surface area (Å²) in [5.74, 6) is -1.06. The highest BCUT2D eigenvalue weighted by Crippen LogP contribution is 2.28. The van der Waals surface area contributed by atoms with Crippen LogP contribution in [0.4, 0.5) is 0 Å². The molecule has 0 aliphatic heterocycles. The van der Waals surface area contributed by atoms with Crippen LogP contribution in [-0.4, -0.2) is 26.0 Å². The minimum Gasteiger partial charge on any atom is -0.476 e. The van der Waals surface area contributed by atoms with E-state index in [0.29, 0.717) is 5.69 Å². The number of carboxylic acid groups (broad SMARTS) is 1. The Labute approximate surface area is 104 Å². The Balaban J connectivity index is 2.58. The smallest absolute Gasteiger partial charge is 0.356 e. The molecule has 1 heterocycles. The van der Waals surface area contributed by atoms with E-state index in [1.54, 1.807) is 14.0 Å². The van der Waals surface area contributed by atoms with Gasteiger partial charge in [0.2, 0.25) is 0 Å². The number of carboxylic acids is 1. The Kier molecular flexibility index (Phi) is 3.16. The molecule has 2 rings (SSSR count). The summed E-state index contributed by atoms with van der Waals surface area (Å²) in [4.78, 5) is 10.9. The number of aromatic nitrogens is 2. The van der Waals surface area contributed by atoms with Gasteiger partial charge in [0.15, 0.2) is 5.69 Å². The fraction of sp³-hybridized carbons (Fsp3) is 0.231. The van der Waals surface area contributed by atoms with E-state index in [-0.39, 0.29) is 5.69 Å². The van der Waals surface area contributed by atoms with Crippen LogP contribution >= 0.6 is 0 Å². The van der Waals surface area contributed by atoms with E-state index in [1.165, 1.54) is 10.7 Å². The largest absolute Gasteiger partial charge is 0.476 e. The summed E-state index contributed by atoms with van der Waals surface area (Å²) in [5, 5.41) is 22.6. The van der Waals surface area contributed by atoms with E-state index in [9.17, 15) is 9.90 Å². The first-order valence-electron chi connectivity index (χ1n) is 5.55. The van der Waals surface area contributed by atoms with Gasteiger partial charge in [-0.15, -0.1) is 0 Å². The van der Waals surface area contributed by atoms with Crippen molar-refractivity contribution in [1.29, 1.82) is 0 Å². The van der Waals surface area contributed by atoms with Gasteiger partial charge in [0.1, 0.15) is 0 Å². The Morgan fingerprint density at radius 1 is 1.39 bits per heavy atom. The van der Waals surface area contributed by atoms with Crippen molar-refractivity contribution in [3.05, 3.63) is 41.6 Å². The van der Waals surface area contributed by atoms with Crippen molar-refractivity contribution in [3.8, 4) is 11.3 Å². The van der Waals surface area contributed by atoms with Crippen molar-refractivity contribution in [2.24, 2.45) is 7.05 Å². The number of hydrogen-bond acceptors (Lipinski definition) is 3. The van der Waals surface area contributed by atoms with Crippen molar-refractivity contribution < 1.29 is 15.0 Å².